The fraction of sp³-hybridized carbons (Fsp3) is 0.500. The predicted molar refractivity (Wildman–Crippen MR) is 80.6 cm³/mol. The molecule has 2 atom stereocenters. The molecule has 114 valence electrons. The third kappa shape index (κ3) is 3.24. The third-order valence-corrected chi connectivity index (χ3v) is 4.05. The highest BCUT2D eigenvalue weighted by molar-refractivity contribution is 5.99. The molecule has 0 aromatic heterocycles. The van der Waals surface area contributed by atoms with Gasteiger partial charge in [0.05, 0.1) is 6.61 Å². The number of hydrogen-bond acceptors (Lipinski definition) is 3. The Morgan fingerprint density at radius 1 is 1.48 bits per heavy atom. The van der Waals surface area contributed by atoms with E-state index in [0.29, 0.717) is 6.54 Å². The SMILES string of the molecule is CCC(C)C1C(=O)Nc2ccccc2CN1C(=O)CCO. The summed E-state index contributed by atoms with van der Waals surface area (Å²) in [6.45, 7) is 4.17. The van der Waals surface area contributed by atoms with E-state index in [0.717, 1.165) is 17.7 Å². The van der Waals surface area contributed by atoms with Crippen LogP contribution >= 0.6 is 0 Å². The van der Waals surface area contributed by atoms with Crippen LogP contribution in [0, 0.1) is 5.92 Å². The van der Waals surface area contributed by atoms with Gasteiger partial charge < -0.3 is 15.3 Å². The molecular weight excluding hydrogens is 268 g/mol. The Morgan fingerprint density at radius 2 is 2.19 bits per heavy atom. The lowest BCUT2D eigenvalue weighted by molar-refractivity contribution is -0.141. The lowest BCUT2D eigenvalue weighted by Gasteiger charge is -2.32. The Hall–Kier alpha value is -1.88. The van der Waals surface area contributed by atoms with Gasteiger partial charge in [-0.25, -0.2) is 0 Å². The summed E-state index contributed by atoms with van der Waals surface area (Å²) in [5.74, 6) is -0.280. The number of nitrogens with zero attached hydrogens (tertiary/aromatic N) is 1. The van der Waals surface area contributed by atoms with E-state index < -0.39 is 6.04 Å². The van der Waals surface area contributed by atoms with E-state index in [2.05, 4.69) is 5.32 Å². The fourth-order valence-electron chi connectivity index (χ4n) is 2.68. The molecule has 0 spiro atoms. The maximum atomic E-state index is 12.5. The van der Waals surface area contributed by atoms with Crippen LogP contribution in [0.1, 0.15) is 32.3 Å². The minimum absolute atomic E-state index is 0.0440. The largest absolute Gasteiger partial charge is 0.396 e. The zero-order chi connectivity index (χ0) is 15.4. The standard InChI is InChI=1S/C16H22N2O3/c1-3-11(2)15-16(21)17-13-7-5-4-6-12(13)10-18(15)14(20)8-9-19/h4-7,11,15,19H,3,8-10H2,1-2H3,(H,17,21). The molecule has 5 heteroatoms. The molecule has 21 heavy (non-hydrogen) atoms. The van der Waals surface area contributed by atoms with Crippen LogP contribution in [-0.4, -0.2) is 34.5 Å². The second-order valence-corrected chi connectivity index (χ2v) is 5.47. The van der Waals surface area contributed by atoms with E-state index in [1.54, 1.807) is 4.90 Å². The van der Waals surface area contributed by atoms with Crippen molar-refractivity contribution in [2.24, 2.45) is 5.92 Å². The molecule has 0 saturated carbocycles. The number of anilines is 1. The van der Waals surface area contributed by atoms with Crippen molar-refractivity contribution < 1.29 is 14.7 Å². The highest BCUT2D eigenvalue weighted by Crippen LogP contribution is 2.27. The summed E-state index contributed by atoms with van der Waals surface area (Å²) >= 11 is 0. The number of rotatable bonds is 4. The van der Waals surface area contributed by atoms with Gasteiger partial charge in [0.2, 0.25) is 11.8 Å². The number of para-hydroxylation sites is 1. The van der Waals surface area contributed by atoms with Crippen molar-refractivity contribution in [1.29, 1.82) is 0 Å². The van der Waals surface area contributed by atoms with Gasteiger partial charge in [0.25, 0.3) is 0 Å². The minimum Gasteiger partial charge on any atom is -0.396 e. The predicted octanol–water partition coefficient (Wildman–Crippen LogP) is 1.76. The van der Waals surface area contributed by atoms with Crippen LogP contribution < -0.4 is 5.32 Å². The molecule has 0 aliphatic carbocycles. The Balaban J connectivity index is 2.39. The van der Waals surface area contributed by atoms with E-state index >= 15 is 0 Å². The minimum atomic E-state index is -0.499. The molecule has 2 N–H and O–H groups in total. The van der Waals surface area contributed by atoms with Crippen molar-refractivity contribution in [2.45, 2.75) is 39.3 Å². The molecule has 0 saturated heterocycles. The van der Waals surface area contributed by atoms with Gasteiger partial charge in [-0.2, -0.15) is 0 Å². The van der Waals surface area contributed by atoms with Crippen molar-refractivity contribution in [3.63, 3.8) is 0 Å². The number of hydrogen-bond donors (Lipinski definition) is 2. The second-order valence-electron chi connectivity index (χ2n) is 5.47. The van der Waals surface area contributed by atoms with Gasteiger partial charge in [-0.1, -0.05) is 38.5 Å². The van der Waals surface area contributed by atoms with Crippen LogP contribution in [-0.2, 0) is 16.1 Å². The van der Waals surface area contributed by atoms with E-state index in [1.165, 1.54) is 0 Å². The number of nitrogens with one attached hydrogen (secondary N) is 1. The van der Waals surface area contributed by atoms with Crippen molar-refractivity contribution >= 4 is 17.5 Å². The van der Waals surface area contributed by atoms with Crippen LogP contribution in [0.5, 0.6) is 0 Å². The molecule has 2 rings (SSSR count). The van der Waals surface area contributed by atoms with Crippen molar-refractivity contribution in [1.82, 2.24) is 4.90 Å². The molecule has 2 unspecified atom stereocenters. The Kier molecular flexibility index (Phi) is 4.96. The van der Waals surface area contributed by atoms with Crippen LogP contribution in [0.15, 0.2) is 24.3 Å². The van der Waals surface area contributed by atoms with Crippen molar-refractivity contribution in [3.8, 4) is 0 Å². The van der Waals surface area contributed by atoms with Gasteiger partial charge in [-0.3, -0.25) is 9.59 Å². The van der Waals surface area contributed by atoms with Gasteiger partial charge in [0.15, 0.2) is 0 Å². The lowest BCUT2D eigenvalue weighted by atomic mass is 9.96. The van der Waals surface area contributed by atoms with Gasteiger partial charge >= 0.3 is 0 Å². The second kappa shape index (κ2) is 6.72. The third-order valence-electron chi connectivity index (χ3n) is 4.05. The van der Waals surface area contributed by atoms with Gasteiger partial charge in [0.1, 0.15) is 6.04 Å². The highest BCUT2D eigenvalue weighted by Gasteiger charge is 2.36. The number of carbonyl (C=O) groups is 2. The normalized spacial score (nSPS) is 19.5. The topological polar surface area (TPSA) is 69.6 Å². The molecule has 0 fully saturated rings. The number of aliphatic hydroxyl groups is 1. The number of fused-ring (bicyclic) bond motifs is 1. The average Bonchev–Trinajstić information content (AvgIpc) is 2.62. The molecule has 2 amide bonds. The van der Waals surface area contributed by atoms with Crippen molar-refractivity contribution in [2.75, 3.05) is 11.9 Å². The van der Waals surface area contributed by atoms with Gasteiger partial charge in [0, 0.05) is 18.7 Å². The summed E-state index contributed by atoms with van der Waals surface area (Å²) in [7, 11) is 0. The lowest BCUT2D eigenvalue weighted by Crippen LogP contribution is -2.49. The van der Waals surface area contributed by atoms with Gasteiger partial charge in [-0.05, 0) is 17.5 Å². The molecule has 1 aliphatic heterocycles. The van der Waals surface area contributed by atoms with Crippen LogP contribution in [0.25, 0.3) is 0 Å². The van der Waals surface area contributed by atoms with E-state index in [1.807, 2.05) is 38.1 Å². The fourth-order valence-corrected chi connectivity index (χ4v) is 2.68. The zero-order valence-electron chi connectivity index (χ0n) is 12.5. The summed E-state index contributed by atoms with van der Waals surface area (Å²) in [6, 6.07) is 7.02. The monoisotopic (exact) mass is 290 g/mol. The average molecular weight is 290 g/mol. The molecular formula is C16H22N2O3. The molecule has 5 nitrogen and oxygen atoms in total. The summed E-state index contributed by atoms with van der Waals surface area (Å²) in [4.78, 5) is 26.5. The van der Waals surface area contributed by atoms with Crippen LogP contribution in [0.3, 0.4) is 0 Å². The highest BCUT2D eigenvalue weighted by atomic mass is 16.3. The summed E-state index contributed by atoms with van der Waals surface area (Å²) in [5.41, 5.74) is 1.68. The molecule has 1 aliphatic rings. The molecule has 1 aromatic carbocycles. The van der Waals surface area contributed by atoms with Crippen LogP contribution in [0.2, 0.25) is 0 Å². The maximum absolute atomic E-state index is 12.5. The summed E-state index contributed by atoms with van der Waals surface area (Å²) < 4.78 is 0. The Bertz CT molecular complexity index is 530. The number of amides is 2. The van der Waals surface area contributed by atoms with Crippen LogP contribution in [0.4, 0.5) is 5.69 Å². The number of aliphatic hydroxyl groups excluding tert-OH is 1. The quantitative estimate of drug-likeness (QED) is 0.888. The Morgan fingerprint density at radius 3 is 2.86 bits per heavy atom. The van der Waals surface area contributed by atoms with E-state index in [9.17, 15) is 9.59 Å². The maximum Gasteiger partial charge on any atom is 0.247 e. The van der Waals surface area contributed by atoms with Crippen molar-refractivity contribution in [3.05, 3.63) is 29.8 Å². The first-order valence-electron chi connectivity index (χ1n) is 7.37. The zero-order valence-corrected chi connectivity index (χ0v) is 12.5. The smallest absolute Gasteiger partial charge is 0.247 e. The number of benzene rings is 1. The Labute approximate surface area is 125 Å². The molecule has 1 aromatic rings. The van der Waals surface area contributed by atoms with E-state index in [-0.39, 0.29) is 30.8 Å². The molecule has 0 bridgehead atoms. The first-order chi connectivity index (χ1) is 10.1. The number of carbonyl (C=O) groups excluding carboxylic acids is 2. The summed E-state index contributed by atoms with van der Waals surface area (Å²) in [6.07, 6.45) is 0.847. The first-order valence-corrected chi connectivity index (χ1v) is 7.37. The van der Waals surface area contributed by atoms with E-state index in [4.69, 9.17) is 5.11 Å². The first kappa shape index (κ1) is 15.5. The molecule has 1 heterocycles. The van der Waals surface area contributed by atoms with Gasteiger partial charge in [-0.15, -0.1) is 0 Å². The molecule has 0 radical (unpaired) electrons. The summed E-state index contributed by atoms with van der Waals surface area (Å²) in [5, 5.41) is 12.0.